The van der Waals surface area contributed by atoms with Crippen molar-refractivity contribution < 1.29 is 8.78 Å². The molecular formula is C23H19F2IN8O. The van der Waals surface area contributed by atoms with E-state index in [1.807, 2.05) is 19.1 Å². The van der Waals surface area contributed by atoms with Crippen LogP contribution in [0, 0.1) is 11.6 Å². The molecule has 2 aromatic carbocycles. The van der Waals surface area contributed by atoms with Gasteiger partial charge in [-0.25, -0.2) is 33.4 Å². The van der Waals surface area contributed by atoms with Gasteiger partial charge in [0.1, 0.15) is 23.5 Å². The molecule has 12 heteroatoms. The lowest BCUT2D eigenvalue weighted by Gasteiger charge is -2.23. The molecule has 35 heavy (non-hydrogen) atoms. The van der Waals surface area contributed by atoms with Crippen LogP contribution in [0.3, 0.4) is 0 Å². The molecule has 0 aliphatic rings. The summed E-state index contributed by atoms with van der Waals surface area (Å²) in [6.45, 7) is 1.92. The highest BCUT2D eigenvalue weighted by atomic mass is 127. The van der Waals surface area contributed by atoms with Gasteiger partial charge >= 0.3 is 0 Å². The first-order valence-electron chi connectivity index (χ1n) is 10.7. The third kappa shape index (κ3) is 4.40. The Morgan fingerprint density at radius 3 is 2.69 bits per heavy atom. The molecular weight excluding hydrogens is 569 g/mol. The van der Waals surface area contributed by atoms with Crippen LogP contribution in [0.25, 0.3) is 22.1 Å². The summed E-state index contributed by atoms with van der Waals surface area (Å²) in [7, 11) is 0. The second-order valence-electron chi connectivity index (χ2n) is 7.75. The maximum absolute atomic E-state index is 13.9. The Morgan fingerprint density at radius 2 is 1.94 bits per heavy atom. The van der Waals surface area contributed by atoms with Crippen molar-refractivity contribution in [2.45, 2.75) is 23.8 Å². The number of halogens is 3. The molecule has 0 saturated carbocycles. The van der Waals surface area contributed by atoms with E-state index < -0.39 is 17.7 Å². The number of H-pyrrole nitrogens is 1. The predicted octanol–water partition coefficient (Wildman–Crippen LogP) is 4.71. The zero-order valence-electron chi connectivity index (χ0n) is 18.4. The van der Waals surface area contributed by atoms with Crippen molar-refractivity contribution in [3.05, 3.63) is 82.4 Å². The number of alkyl halides is 1. The highest BCUT2D eigenvalue weighted by Gasteiger charge is 2.22. The van der Waals surface area contributed by atoms with Crippen LogP contribution in [0.15, 0.2) is 53.8 Å². The topological polar surface area (TPSA) is 113 Å². The van der Waals surface area contributed by atoms with Crippen molar-refractivity contribution in [3.8, 4) is 0 Å². The van der Waals surface area contributed by atoms with Gasteiger partial charge in [0.25, 0.3) is 5.56 Å². The Kier molecular flexibility index (Phi) is 6.28. The quantitative estimate of drug-likeness (QED) is 0.186. The molecule has 3 heterocycles. The zero-order valence-corrected chi connectivity index (χ0v) is 20.5. The summed E-state index contributed by atoms with van der Waals surface area (Å²) in [5.41, 5.74) is 4.98. The molecule has 9 nitrogen and oxygen atoms in total. The summed E-state index contributed by atoms with van der Waals surface area (Å²) in [6, 6.07) is 7.95. The Bertz CT molecular complexity index is 1580. The number of imidazole rings is 1. The summed E-state index contributed by atoms with van der Waals surface area (Å²) in [6.07, 6.45) is 3.43. The Morgan fingerprint density at radius 1 is 1.14 bits per heavy atom. The normalized spacial score (nSPS) is 12.2. The van der Waals surface area contributed by atoms with E-state index in [4.69, 9.17) is 4.98 Å². The van der Waals surface area contributed by atoms with Crippen LogP contribution >= 0.6 is 22.6 Å². The molecule has 178 valence electrons. The Labute approximate surface area is 211 Å². The van der Waals surface area contributed by atoms with Gasteiger partial charge < -0.3 is 10.3 Å². The summed E-state index contributed by atoms with van der Waals surface area (Å²) in [4.78, 5) is 34.2. The van der Waals surface area contributed by atoms with E-state index in [0.717, 1.165) is 23.8 Å². The minimum absolute atomic E-state index is 0.0746. The number of nitrogens with zero attached hydrogens (tertiary/aromatic N) is 5. The maximum atomic E-state index is 13.9. The fourth-order valence-corrected chi connectivity index (χ4v) is 4.54. The molecule has 1 atom stereocenters. The number of fused-ring (bicyclic) bond motifs is 2. The number of aromatic amines is 1. The molecule has 0 amide bonds. The summed E-state index contributed by atoms with van der Waals surface area (Å²) in [5, 5.41) is 3.73. The van der Waals surface area contributed by atoms with E-state index in [1.54, 1.807) is 6.07 Å². The average Bonchev–Trinajstić information content (AvgIpc) is 3.33. The minimum Gasteiger partial charge on any atom is -0.358 e. The van der Waals surface area contributed by atoms with Gasteiger partial charge in [0, 0.05) is 10.5 Å². The van der Waals surface area contributed by atoms with Crippen molar-refractivity contribution in [2.24, 2.45) is 0 Å². The number of anilines is 2. The van der Waals surface area contributed by atoms with Crippen LogP contribution < -0.4 is 16.3 Å². The molecule has 0 bridgehead atoms. The first-order chi connectivity index (χ1) is 17.0. The van der Waals surface area contributed by atoms with Gasteiger partial charge in [-0.1, -0.05) is 41.6 Å². The number of hydrogen-bond donors (Lipinski definition) is 3. The Hall–Kier alpha value is -3.68. The summed E-state index contributed by atoms with van der Waals surface area (Å²) in [5.74, 6) is -0.754. The molecule has 3 aromatic heterocycles. The monoisotopic (exact) mass is 588 g/mol. The third-order valence-corrected chi connectivity index (χ3v) is 6.33. The minimum atomic E-state index is -0.768. The van der Waals surface area contributed by atoms with Crippen molar-refractivity contribution in [1.29, 1.82) is 0 Å². The highest BCUT2D eigenvalue weighted by Crippen LogP contribution is 2.26. The maximum Gasteiger partial charge on any atom is 0.280 e. The first kappa shape index (κ1) is 23.1. The van der Waals surface area contributed by atoms with Gasteiger partial charge in [0.05, 0.1) is 29.0 Å². The van der Waals surface area contributed by atoms with Gasteiger partial charge in [-0.15, -0.1) is 0 Å². The fourth-order valence-electron chi connectivity index (χ4n) is 3.90. The van der Waals surface area contributed by atoms with Gasteiger partial charge in [-0.3, -0.25) is 10.2 Å². The highest BCUT2D eigenvalue weighted by molar-refractivity contribution is 14.1. The summed E-state index contributed by atoms with van der Waals surface area (Å²) < 4.78 is 29.6. The van der Waals surface area contributed by atoms with Gasteiger partial charge in [-0.2, -0.15) is 0 Å². The molecule has 0 saturated heterocycles. The van der Waals surface area contributed by atoms with E-state index in [9.17, 15) is 13.6 Å². The molecule has 0 spiro atoms. The van der Waals surface area contributed by atoms with E-state index in [0.29, 0.717) is 44.6 Å². The van der Waals surface area contributed by atoms with Crippen LogP contribution in [0.5, 0.6) is 0 Å². The SMILES string of the molecule is CCC(Nc1ncnc2[nH]cnc12)c1nc2cccc(CI)c2c(=O)n1Nc1cc(F)cc(F)c1. The van der Waals surface area contributed by atoms with Crippen LogP contribution in [0.4, 0.5) is 20.3 Å². The standard InChI is InChI=1S/C23H19F2IN8O/c1-2-16(31-21-19-20(28-10-27-19)29-11-30-21)22-32-17-5-3-4-12(9-26)18(17)23(35)34(22)33-15-7-13(24)6-14(25)8-15/h3-8,10-11,16,33H,2,9H2,1H3,(H2,27,28,29,30,31). The fraction of sp³-hybridized carbons (Fsp3) is 0.174. The summed E-state index contributed by atoms with van der Waals surface area (Å²) >= 11 is 2.18. The van der Waals surface area contributed by atoms with E-state index in [-0.39, 0.29) is 11.2 Å². The molecule has 0 radical (unpaired) electrons. The average molecular weight is 588 g/mol. The van der Waals surface area contributed by atoms with E-state index in [1.165, 1.54) is 17.3 Å². The molecule has 3 N–H and O–H groups in total. The third-order valence-electron chi connectivity index (χ3n) is 5.51. The second kappa shape index (κ2) is 9.52. The molecule has 0 fully saturated rings. The molecule has 0 aliphatic carbocycles. The number of benzene rings is 2. The smallest absolute Gasteiger partial charge is 0.280 e. The first-order valence-corrected chi connectivity index (χ1v) is 12.2. The largest absolute Gasteiger partial charge is 0.358 e. The van der Waals surface area contributed by atoms with Crippen LogP contribution in [0.2, 0.25) is 0 Å². The van der Waals surface area contributed by atoms with Crippen LogP contribution in [-0.2, 0) is 4.43 Å². The lowest BCUT2D eigenvalue weighted by Crippen LogP contribution is -2.34. The van der Waals surface area contributed by atoms with Crippen LogP contribution in [-0.4, -0.2) is 29.6 Å². The zero-order chi connectivity index (χ0) is 24.5. The molecule has 0 aliphatic heterocycles. The lowest BCUT2D eigenvalue weighted by molar-refractivity contribution is 0.582. The van der Waals surface area contributed by atoms with Crippen molar-refractivity contribution >= 4 is 56.2 Å². The molecule has 5 rings (SSSR count). The number of rotatable bonds is 7. The Balaban J connectivity index is 1.69. The van der Waals surface area contributed by atoms with Gasteiger partial charge in [0.15, 0.2) is 17.3 Å². The second-order valence-corrected chi connectivity index (χ2v) is 8.52. The molecule has 5 aromatic rings. The molecule has 1 unspecified atom stereocenters. The number of nitrogens with one attached hydrogen (secondary N) is 3. The van der Waals surface area contributed by atoms with Gasteiger partial charge in [-0.05, 0) is 30.2 Å². The van der Waals surface area contributed by atoms with Gasteiger partial charge in [0.2, 0.25) is 0 Å². The van der Waals surface area contributed by atoms with Crippen molar-refractivity contribution in [1.82, 2.24) is 29.6 Å². The van der Waals surface area contributed by atoms with Crippen molar-refractivity contribution in [3.63, 3.8) is 0 Å². The number of hydrogen-bond acceptors (Lipinski definition) is 7. The van der Waals surface area contributed by atoms with E-state index >= 15 is 0 Å². The van der Waals surface area contributed by atoms with E-state index in [2.05, 4.69) is 53.3 Å². The predicted molar refractivity (Wildman–Crippen MR) is 137 cm³/mol. The lowest BCUT2D eigenvalue weighted by atomic mass is 10.1. The number of aromatic nitrogens is 6. The van der Waals surface area contributed by atoms with Crippen LogP contribution in [0.1, 0.15) is 30.8 Å². The van der Waals surface area contributed by atoms with Crippen molar-refractivity contribution in [2.75, 3.05) is 10.7 Å².